The maximum Gasteiger partial charge on any atom is 0.358 e. The molecule has 0 bridgehead atoms. The monoisotopic (exact) mass is 449 g/mol. The maximum absolute atomic E-state index is 12.8. The first-order chi connectivity index (χ1) is 15.9. The summed E-state index contributed by atoms with van der Waals surface area (Å²) in [5.74, 6) is -0.940. The molecule has 9 heteroatoms. The van der Waals surface area contributed by atoms with Crippen molar-refractivity contribution in [2.75, 3.05) is 17.2 Å². The van der Waals surface area contributed by atoms with Crippen molar-refractivity contribution < 1.29 is 19.1 Å². The minimum absolute atomic E-state index is 0.129. The van der Waals surface area contributed by atoms with Crippen molar-refractivity contribution in [1.82, 2.24) is 15.1 Å². The lowest BCUT2D eigenvalue weighted by molar-refractivity contribution is -0.118. The molecule has 0 saturated carbocycles. The zero-order valence-electron chi connectivity index (χ0n) is 18.7. The van der Waals surface area contributed by atoms with Crippen LogP contribution in [0.4, 0.5) is 16.2 Å². The third-order valence-corrected chi connectivity index (χ3v) is 4.74. The van der Waals surface area contributed by atoms with Crippen LogP contribution in [0.2, 0.25) is 0 Å². The van der Waals surface area contributed by atoms with Gasteiger partial charge in [0.25, 0.3) is 0 Å². The van der Waals surface area contributed by atoms with Crippen molar-refractivity contribution in [1.29, 1.82) is 0 Å². The highest BCUT2D eigenvalue weighted by Crippen LogP contribution is 2.15. The second-order valence-corrected chi connectivity index (χ2v) is 7.59. The van der Waals surface area contributed by atoms with E-state index in [-0.39, 0.29) is 24.1 Å². The topological polar surface area (TPSA) is 114 Å². The van der Waals surface area contributed by atoms with Gasteiger partial charge in [-0.05, 0) is 55.3 Å². The van der Waals surface area contributed by atoms with E-state index in [0.717, 1.165) is 0 Å². The molecule has 1 aromatic heterocycles. The number of nitrogens with one attached hydrogen (secondary N) is 3. The van der Waals surface area contributed by atoms with Crippen LogP contribution >= 0.6 is 0 Å². The largest absolute Gasteiger partial charge is 0.461 e. The first kappa shape index (κ1) is 23.5. The average Bonchev–Trinajstić information content (AvgIpc) is 3.29. The zero-order valence-corrected chi connectivity index (χ0v) is 18.7. The normalized spacial score (nSPS) is 11.5. The van der Waals surface area contributed by atoms with Crippen LogP contribution in [-0.2, 0) is 9.53 Å². The first-order valence-corrected chi connectivity index (χ1v) is 10.6. The molecule has 2 aromatic carbocycles. The Hall–Kier alpha value is -4.14. The predicted octanol–water partition coefficient (Wildman–Crippen LogP) is 3.83. The maximum atomic E-state index is 12.8. The van der Waals surface area contributed by atoms with Crippen LogP contribution in [0.25, 0.3) is 5.69 Å². The van der Waals surface area contributed by atoms with Crippen LogP contribution < -0.4 is 16.0 Å². The Balaban J connectivity index is 1.62. The summed E-state index contributed by atoms with van der Waals surface area (Å²) in [6, 6.07) is 16.4. The third kappa shape index (κ3) is 6.42. The van der Waals surface area contributed by atoms with Crippen molar-refractivity contribution >= 4 is 29.3 Å². The number of benzene rings is 2. The highest BCUT2D eigenvalue weighted by atomic mass is 16.5. The summed E-state index contributed by atoms with van der Waals surface area (Å²) in [4.78, 5) is 36.9. The number of hydrogen-bond donors (Lipinski definition) is 3. The van der Waals surface area contributed by atoms with Gasteiger partial charge in [-0.1, -0.05) is 32.0 Å². The molecule has 0 fully saturated rings. The summed E-state index contributed by atoms with van der Waals surface area (Å²) in [6.07, 6.45) is 1.66. The quantitative estimate of drug-likeness (QED) is 0.452. The van der Waals surface area contributed by atoms with Crippen LogP contribution in [-0.4, -0.2) is 40.3 Å². The Morgan fingerprint density at radius 1 is 0.939 bits per heavy atom. The Bertz CT molecular complexity index is 1090. The summed E-state index contributed by atoms with van der Waals surface area (Å²) in [7, 11) is 0. The Morgan fingerprint density at radius 2 is 1.61 bits per heavy atom. The lowest BCUT2D eigenvalue weighted by Crippen LogP contribution is -2.48. The van der Waals surface area contributed by atoms with Crippen LogP contribution in [0.3, 0.4) is 0 Å². The smallest absolute Gasteiger partial charge is 0.358 e. The molecule has 9 nitrogen and oxygen atoms in total. The van der Waals surface area contributed by atoms with Gasteiger partial charge in [-0.3, -0.25) is 4.79 Å². The van der Waals surface area contributed by atoms with Gasteiger partial charge in [0.15, 0.2) is 5.69 Å². The highest BCUT2D eigenvalue weighted by Gasteiger charge is 2.24. The van der Waals surface area contributed by atoms with E-state index < -0.39 is 18.0 Å². The number of nitrogens with zero attached hydrogens (tertiary/aromatic N) is 2. The molecule has 3 rings (SSSR count). The number of amides is 3. The standard InChI is InChI=1S/C24H27N5O4/c1-4-33-23(31)20-14-15-29(28-20)19-12-10-18(11-13-19)25-22(30)21(16(2)3)27-24(32)26-17-8-6-5-7-9-17/h5-16,21H,4H2,1-3H3,(H,25,30)(H2,26,27,32). The van der Waals surface area contributed by atoms with Crippen molar-refractivity contribution in [3.63, 3.8) is 0 Å². The van der Waals surface area contributed by atoms with Crippen molar-refractivity contribution in [2.24, 2.45) is 5.92 Å². The summed E-state index contributed by atoms with van der Waals surface area (Å²) >= 11 is 0. The van der Waals surface area contributed by atoms with E-state index in [9.17, 15) is 14.4 Å². The molecule has 3 N–H and O–H groups in total. The molecule has 3 aromatic rings. The molecule has 33 heavy (non-hydrogen) atoms. The Labute approximate surface area is 192 Å². The number of rotatable bonds is 8. The fourth-order valence-electron chi connectivity index (χ4n) is 3.06. The van der Waals surface area contributed by atoms with Crippen molar-refractivity contribution in [3.05, 3.63) is 72.6 Å². The van der Waals surface area contributed by atoms with Crippen LogP contribution in [0.5, 0.6) is 0 Å². The van der Waals surface area contributed by atoms with E-state index in [4.69, 9.17) is 4.74 Å². The second-order valence-electron chi connectivity index (χ2n) is 7.59. The number of para-hydroxylation sites is 1. The molecule has 1 atom stereocenters. The van der Waals surface area contributed by atoms with Crippen LogP contribution in [0.15, 0.2) is 66.9 Å². The van der Waals surface area contributed by atoms with Crippen LogP contribution in [0.1, 0.15) is 31.3 Å². The molecule has 0 spiro atoms. The second kappa shape index (κ2) is 10.9. The molecule has 172 valence electrons. The molecular weight excluding hydrogens is 422 g/mol. The summed E-state index contributed by atoms with van der Waals surface area (Å²) in [5.41, 5.74) is 2.13. The third-order valence-electron chi connectivity index (χ3n) is 4.74. The predicted molar refractivity (Wildman–Crippen MR) is 125 cm³/mol. The highest BCUT2D eigenvalue weighted by molar-refractivity contribution is 5.99. The number of ether oxygens (including phenoxy) is 1. The van der Waals surface area contributed by atoms with Gasteiger partial charge < -0.3 is 20.7 Å². The number of esters is 1. The van der Waals surface area contributed by atoms with E-state index in [1.54, 1.807) is 60.3 Å². The number of carbonyl (C=O) groups excluding carboxylic acids is 3. The molecule has 0 aliphatic heterocycles. The Kier molecular flexibility index (Phi) is 7.80. The first-order valence-electron chi connectivity index (χ1n) is 10.6. The number of anilines is 2. The lowest BCUT2D eigenvalue weighted by atomic mass is 10.0. The minimum Gasteiger partial charge on any atom is -0.461 e. The van der Waals surface area contributed by atoms with E-state index in [1.807, 2.05) is 32.0 Å². The SMILES string of the molecule is CCOC(=O)c1ccn(-c2ccc(NC(=O)C(NC(=O)Nc3ccccc3)C(C)C)cc2)n1. The molecule has 1 unspecified atom stereocenters. The zero-order chi connectivity index (χ0) is 23.8. The summed E-state index contributed by atoms with van der Waals surface area (Å²) < 4.78 is 6.49. The van der Waals surface area contributed by atoms with Gasteiger partial charge in [0.1, 0.15) is 6.04 Å². The molecule has 0 radical (unpaired) electrons. The van der Waals surface area contributed by atoms with E-state index in [1.165, 1.54) is 0 Å². The van der Waals surface area contributed by atoms with Gasteiger partial charge in [0.05, 0.1) is 12.3 Å². The number of hydrogen-bond acceptors (Lipinski definition) is 5. The van der Waals surface area contributed by atoms with Gasteiger partial charge in [-0.25, -0.2) is 14.3 Å². The summed E-state index contributed by atoms with van der Waals surface area (Å²) in [5, 5.41) is 12.5. The average molecular weight is 450 g/mol. The fourth-order valence-corrected chi connectivity index (χ4v) is 3.06. The minimum atomic E-state index is -0.730. The van der Waals surface area contributed by atoms with E-state index >= 15 is 0 Å². The number of aromatic nitrogens is 2. The Morgan fingerprint density at radius 3 is 2.24 bits per heavy atom. The number of carbonyl (C=O) groups is 3. The van der Waals surface area contributed by atoms with Gasteiger partial charge in [-0.15, -0.1) is 0 Å². The summed E-state index contributed by atoms with van der Waals surface area (Å²) in [6.45, 7) is 5.72. The molecule has 0 aliphatic carbocycles. The van der Waals surface area contributed by atoms with Gasteiger partial charge in [0, 0.05) is 17.6 Å². The molecule has 0 aliphatic rings. The number of urea groups is 1. The van der Waals surface area contributed by atoms with Gasteiger partial charge in [-0.2, -0.15) is 5.10 Å². The van der Waals surface area contributed by atoms with E-state index in [0.29, 0.717) is 17.1 Å². The lowest BCUT2D eigenvalue weighted by Gasteiger charge is -2.22. The van der Waals surface area contributed by atoms with Gasteiger partial charge >= 0.3 is 12.0 Å². The van der Waals surface area contributed by atoms with Crippen molar-refractivity contribution in [2.45, 2.75) is 26.8 Å². The molecule has 0 saturated heterocycles. The molecular formula is C24H27N5O4. The van der Waals surface area contributed by atoms with Gasteiger partial charge in [0.2, 0.25) is 5.91 Å². The van der Waals surface area contributed by atoms with Crippen molar-refractivity contribution in [3.8, 4) is 5.69 Å². The fraction of sp³-hybridized carbons (Fsp3) is 0.250. The molecule has 3 amide bonds. The molecule has 1 heterocycles. The van der Waals surface area contributed by atoms with Crippen LogP contribution in [0, 0.1) is 5.92 Å². The van der Waals surface area contributed by atoms with E-state index in [2.05, 4.69) is 21.0 Å².